The van der Waals surface area contributed by atoms with E-state index in [4.69, 9.17) is 9.47 Å². The fourth-order valence-electron chi connectivity index (χ4n) is 2.58. The average Bonchev–Trinajstić information content (AvgIpc) is 2.81. The van der Waals surface area contributed by atoms with Gasteiger partial charge in [-0.3, -0.25) is 20.4 Å². The van der Waals surface area contributed by atoms with Crippen LogP contribution >= 0.6 is 0 Å². The minimum atomic E-state index is -0.535. The molecule has 3 rings (SSSR count). The van der Waals surface area contributed by atoms with Gasteiger partial charge in [0.05, 0.1) is 5.56 Å². The summed E-state index contributed by atoms with van der Waals surface area (Å²) < 4.78 is 24.1. The zero-order valence-electron chi connectivity index (χ0n) is 16.6. The molecule has 0 aliphatic carbocycles. The minimum absolute atomic E-state index is 0.242. The summed E-state index contributed by atoms with van der Waals surface area (Å²) in [7, 11) is 0. The number of carbonyl (C=O) groups excluding carboxylic acids is 2. The van der Waals surface area contributed by atoms with Crippen molar-refractivity contribution in [2.75, 3.05) is 13.2 Å². The van der Waals surface area contributed by atoms with Gasteiger partial charge in [0.25, 0.3) is 11.8 Å². The number of carbonyl (C=O) groups is 2. The predicted molar refractivity (Wildman–Crippen MR) is 115 cm³/mol. The van der Waals surface area contributed by atoms with Gasteiger partial charge in [0, 0.05) is 6.08 Å². The second-order valence-electron chi connectivity index (χ2n) is 6.33. The monoisotopic (exact) mass is 420 g/mol. The fourth-order valence-corrected chi connectivity index (χ4v) is 2.58. The van der Waals surface area contributed by atoms with E-state index in [0.29, 0.717) is 17.9 Å². The highest BCUT2D eigenvalue weighted by atomic mass is 19.1. The lowest BCUT2D eigenvalue weighted by atomic mass is 10.2. The summed E-state index contributed by atoms with van der Waals surface area (Å²) in [5.41, 5.74) is 5.56. The molecule has 0 bridgehead atoms. The largest absolute Gasteiger partial charge is 0.490 e. The maximum Gasteiger partial charge on any atom is 0.273 e. The fraction of sp³-hybridized carbons (Fsp3) is 0.0833. The second-order valence-corrected chi connectivity index (χ2v) is 6.33. The van der Waals surface area contributed by atoms with Crippen LogP contribution in [0.3, 0.4) is 0 Å². The third-order valence-corrected chi connectivity index (χ3v) is 4.08. The topological polar surface area (TPSA) is 76.7 Å². The molecule has 158 valence electrons. The normalized spacial score (nSPS) is 10.5. The molecule has 0 atom stereocenters. The van der Waals surface area contributed by atoms with Gasteiger partial charge in [0.2, 0.25) is 0 Å². The Labute approximate surface area is 179 Å². The van der Waals surface area contributed by atoms with E-state index in [2.05, 4.69) is 10.9 Å². The summed E-state index contributed by atoms with van der Waals surface area (Å²) in [6.07, 6.45) is 2.74. The number of hydrazine groups is 1. The molecule has 2 amide bonds. The van der Waals surface area contributed by atoms with E-state index in [1.165, 1.54) is 36.4 Å². The molecule has 2 N–H and O–H groups in total. The van der Waals surface area contributed by atoms with E-state index in [1.807, 2.05) is 30.3 Å². The second kappa shape index (κ2) is 11.2. The number of ether oxygens (including phenoxy) is 2. The zero-order chi connectivity index (χ0) is 21.9. The molecule has 0 aliphatic heterocycles. The highest BCUT2D eigenvalue weighted by molar-refractivity contribution is 5.99. The van der Waals surface area contributed by atoms with Gasteiger partial charge in [0.1, 0.15) is 30.5 Å². The number of benzene rings is 3. The molecule has 0 saturated carbocycles. The highest BCUT2D eigenvalue weighted by Crippen LogP contribution is 2.18. The van der Waals surface area contributed by atoms with Gasteiger partial charge in [0.15, 0.2) is 0 Å². The molecular weight excluding hydrogens is 399 g/mol. The van der Waals surface area contributed by atoms with Crippen LogP contribution in [0.25, 0.3) is 6.08 Å². The van der Waals surface area contributed by atoms with Crippen molar-refractivity contribution in [2.45, 2.75) is 0 Å². The quantitative estimate of drug-likeness (QED) is 0.331. The van der Waals surface area contributed by atoms with Crippen molar-refractivity contribution in [3.8, 4) is 11.5 Å². The Bertz CT molecular complexity index is 1040. The smallest absolute Gasteiger partial charge is 0.273 e. The highest BCUT2D eigenvalue weighted by Gasteiger charge is 2.12. The first-order valence-corrected chi connectivity index (χ1v) is 9.55. The van der Waals surface area contributed by atoms with Crippen LogP contribution in [0.2, 0.25) is 0 Å². The van der Waals surface area contributed by atoms with Gasteiger partial charge in [-0.1, -0.05) is 42.5 Å². The Morgan fingerprint density at radius 2 is 1.48 bits per heavy atom. The van der Waals surface area contributed by atoms with E-state index in [1.54, 1.807) is 24.3 Å². The Morgan fingerprint density at radius 1 is 0.806 bits per heavy atom. The van der Waals surface area contributed by atoms with Crippen molar-refractivity contribution in [3.63, 3.8) is 0 Å². The molecule has 0 aromatic heterocycles. The maximum absolute atomic E-state index is 12.9. The van der Waals surface area contributed by atoms with Gasteiger partial charge in [-0.05, 0) is 48.0 Å². The molecule has 0 aliphatic rings. The van der Waals surface area contributed by atoms with Crippen LogP contribution in [-0.4, -0.2) is 25.0 Å². The van der Waals surface area contributed by atoms with Crippen molar-refractivity contribution >= 4 is 17.9 Å². The molecule has 31 heavy (non-hydrogen) atoms. The van der Waals surface area contributed by atoms with Crippen molar-refractivity contribution in [2.24, 2.45) is 0 Å². The molecule has 0 fully saturated rings. The van der Waals surface area contributed by atoms with E-state index in [9.17, 15) is 14.0 Å². The van der Waals surface area contributed by atoms with Crippen molar-refractivity contribution < 1.29 is 23.5 Å². The van der Waals surface area contributed by atoms with Gasteiger partial charge in [-0.25, -0.2) is 4.39 Å². The van der Waals surface area contributed by atoms with E-state index < -0.39 is 11.8 Å². The number of rotatable bonds is 8. The first-order valence-electron chi connectivity index (χ1n) is 9.55. The molecule has 3 aromatic rings. The average molecular weight is 420 g/mol. The lowest BCUT2D eigenvalue weighted by molar-refractivity contribution is -0.117. The van der Waals surface area contributed by atoms with Crippen LogP contribution in [0.1, 0.15) is 15.9 Å². The van der Waals surface area contributed by atoms with Gasteiger partial charge >= 0.3 is 0 Å². The van der Waals surface area contributed by atoms with Crippen LogP contribution < -0.4 is 20.3 Å². The SMILES string of the molecule is O=C(/C=C/c1ccc(F)cc1)NNC(=O)c1ccccc1OCCOc1ccccc1. The Hall–Kier alpha value is -4.13. The van der Waals surface area contributed by atoms with Gasteiger partial charge in [-0.15, -0.1) is 0 Å². The molecule has 0 spiro atoms. The number of halogens is 1. The first kappa shape index (κ1) is 21.6. The van der Waals surface area contributed by atoms with Crippen LogP contribution in [0.15, 0.2) is 84.9 Å². The maximum atomic E-state index is 12.9. The van der Waals surface area contributed by atoms with Crippen LogP contribution in [0.5, 0.6) is 11.5 Å². The van der Waals surface area contributed by atoms with E-state index >= 15 is 0 Å². The minimum Gasteiger partial charge on any atom is -0.490 e. The van der Waals surface area contributed by atoms with E-state index in [-0.39, 0.29) is 18.0 Å². The number of amides is 2. The summed E-state index contributed by atoms with van der Waals surface area (Å²) in [4.78, 5) is 24.3. The third-order valence-electron chi connectivity index (χ3n) is 4.08. The number of hydrogen-bond acceptors (Lipinski definition) is 4. The predicted octanol–water partition coefficient (Wildman–Crippen LogP) is 3.76. The van der Waals surface area contributed by atoms with Crippen molar-refractivity contribution in [1.82, 2.24) is 10.9 Å². The van der Waals surface area contributed by atoms with E-state index in [0.717, 1.165) is 5.75 Å². The summed E-state index contributed by atoms with van der Waals surface area (Å²) in [6, 6.07) is 21.7. The Balaban J connectivity index is 1.48. The van der Waals surface area contributed by atoms with Gasteiger partial charge < -0.3 is 9.47 Å². The summed E-state index contributed by atoms with van der Waals surface area (Å²) in [5.74, 6) is -0.321. The van der Waals surface area contributed by atoms with Crippen molar-refractivity contribution in [3.05, 3.63) is 102 Å². The number of nitrogens with one attached hydrogen (secondary N) is 2. The molecule has 0 unspecified atom stereocenters. The number of hydrogen-bond donors (Lipinski definition) is 2. The molecule has 6 nitrogen and oxygen atoms in total. The van der Waals surface area contributed by atoms with Crippen LogP contribution in [0.4, 0.5) is 4.39 Å². The molecule has 7 heteroatoms. The zero-order valence-corrected chi connectivity index (χ0v) is 16.6. The summed E-state index contributed by atoms with van der Waals surface area (Å²) in [5, 5.41) is 0. The molecular formula is C24H21FN2O4. The standard InChI is InChI=1S/C24H21FN2O4/c25-19-13-10-18(11-14-19)12-15-23(28)26-27-24(29)21-8-4-5-9-22(21)31-17-16-30-20-6-2-1-3-7-20/h1-15H,16-17H2,(H,26,28)(H,27,29)/b15-12+. The molecule has 0 saturated heterocycles. The lowest BCUT2D eigenvalue weighted by Gasteiger charge is -2.12. The Kier molecular flexibility index (Phi) is 7.77. The first-order chi connectivity index (χ1) is 15.1. The van der Waals surface area contributed by atoms with Crippen molar-refractivity contribution in [1.29, 1.82) is 0 Å². The third kappa shape index (κ3) is 7.01. The molecule has 3 aromatic carbocycles. The molecule has 0 radical (unpaired) electrons. The summed E-state index contributed by atoms with van der Waals surface area (Å²) in [6.45, 7) is 0.552. The summed E-state index contributed by atoms with van der Waals surface area (Å²) >= 11 is 0. The van der Waals surface area contributed by atoms with Crippen LogP contribution in [0, 0.1) is 5.82 Å². The van der Waals surface area contributed by atoms with Gasteiger partial charge in [-0.2, -0.15) is 0 Å². The Morgan fingerprint density at radius 3 is 2.26 bits per heavy atom. The van der Waals surface area contributed by atoms with Crippen LogP contribution in [-0.2, 0) is 4.79 Å². The molecule has 0 heterocycles. The number of para-hydroxylation sites is 2. The lowest BCUT2D eigenvalue weighted by Crippen LogP contribution is -2.40.